The van der Waals surface area contributed by atoms with Crippen LogP contribution in [0, 0.1) is 0 Å². The van der Waals surface area contributed by atoms with Crippen molar-refractivity contribution in [2.45, 2.75) is 64.0 Å². The number of rotatable bonds is 12. The Hall–Kier alpha value is -2.50. The third-order valence-electron chi connectivity index (χ3n) is 5.75. The standard InChI is InChI=1S/C27H36O4Si/c1-27(2,3)32(24-17-9-6-10-18-24,25-19-11-7-12-20-25)31-23(16-14-22-28)15-8-5-13-21-26(29)30-4/h6-7,9-12,14,16-20,22-23H,5,8,13,15,21H2,1-4H3/b16-14+/t23-/m0/s1. The van der Waals surface area contributed by atoms with Gasteiger partial charge in [0.15, 0.2) is 0 Å². The van der Waals surface area contributed by atoms with Crippen LogP contribution in [0.15, 0.2) is 72.8 Å². The first-order valence-electron chi connectivity index (χ1n) is 11.3. The molecule has 4 nitrogen and oxygen atoms in total. The number of carbonyl (C=O) groups excluding carboxylic acids is 2. The molecule has 0 unspecified atom stereocenters. The zero-order valence-corrected chi connectivity index (χ0v) is 20.8. The van der Waals surface area contributed by atoms with Crippen LogP contribution in [0.3, 0.4) is 0 Å². The molecule has 2 aromatic rings. The number of aldehydes is 1. The highest BCUT2D eigenvalue weighted by Gasteiger charge is 2.51. The molecule has 0 amide bonds. The Labute approximate surface area is 193 Å². The van der Waals surface area contributed by atoms with Crippen LogP contribution in [0.5, 0.6) is 0 Å². The quantitative estimate of drug-likeness (QED) is 0.152. The van der Waals surface area contributed by atoms with Crippen molar-refractivity contribution in [2.75, 3.05) is 7.11 Å². The zero-order valence-electron chi connectivity index (χ0n) is 19.8. The van der Waals surface area contributed by atoms with Gasteiger partial charge in [0.2, 0.25) is 0 Å². The van der Waals surface area contributed by atoms with Crippen molar-refractivity contribution < 1.29 is 18.8 Å². The molecule has 0 N–H and O–H groups in total. The van der Waals surface area contributed by atoms with Crippen molar-refractivity contribution in [1.82, 2.24) is 0 Å². The lowest BCUT2D eigenvalue weighted by Crippen LogP contribution is -2.67. The third kappa shape index (κ3) is 6.75. The molecule has 2 aromatic carbocycles. The van der Waals surface area contributed by atoms with Gasteiger partial charge in [-0.05, 0) is 34.3 Å². The molecule has 0 bridgehead atoms. The number of ether oxygens (including phenoxy) is 1. The average Bonchev–Trinajstić information content (AvgIpc) is 2.80. The first-order valence-corrected chi connectivity index (χ1v) is 13.2. The molecule has 0 aliphatic heterocycles. The van der Waals surface area contributed by atoms with E-state index in [0.29, 0.717) is 6.42 Å². The average molecular weight is 453 g/mol. The fraction of sp³-hybridized carbons (Fsp3) is 0.407. The largest absolute Gasteiger partial charge is 0.469 e. The number of benzene rings is 2. The summed E-state index contributed by atoms with van der Waals surface area (Å²) >= 11 is 0. The van der Waals surface area contributed by atoms with E-state index in [1.54, 1.807) is 0 Å². The molecule has 172 valence electrons. The Kier molecular flexibility index (Phi) is 10.1. The lowest BCUT2D eigenvalue weighted by atomic mass is 10.1. The highest BCUT2D eigenvalue weighted by molar-refractivity contribution is 6.99. The van der Waals surface area contributed by atoms with Gasteiger partial charge < -0.3 is 9.16 Å². The molecular weight excluding hydrogens is 416 g/mol. The van der Waals surface area contributed by atoms with Gasteiger partial charge in [-0.25, -0.2) is 0 Å². The normalized spacial score (nSPS) is 13.1. The van der Waals surface area contributed by atoms with Gasteiger partial charge in [0.25, 0.3) is 8.32 Å². The van der Waals surface area contributed by atoms with E-state index in [2.05, 4.69) is 69.3 Å². The van der Waals surface area contributed by atoms with E-state index < -0.39 is 8.32 Å². The Bertz CT molecular complexity index is 817. The zero-order chi connectivity index (χ0) is 23.5. The molecule has 0 heterocycles. The number of allylic oxidation sites excluding steroid dienone is 1. The van der Waals surface area contributed by atoms with E-state index in [0.717, 1.165) is 32.0 Å². The summed E-state index contributed by atoms with van der Waals surface area (Å²) in [6, 6.07) is 21.0. The van der Waals surface area contributed by atoms with Gasteiger partial charge in [0, 0.05) is 6.42 Å². The van der Waals surface area contributed by atoms with E-state index in [-0.39, 0.29) is 17.1 Å². The molecule has 0 radical (unpaired) electrons. The van der Waals surface area contributed by atoms with E-state index in [1.165, 1.54) is 23.6 Å². The molecule has 0 aromatic heterocycles. The van der Waals surface area contributed by atoms with Gasteiger partial charge in [-0.1, -0.05) is 100 Å². The van der Waals surface area contributed by atoms with Gasteiger partial charge in [0.05, 0.1) is 13.2 Å². The van der Waals surface area contributed by atoms with Gasteiger partial charge in [-0.15, -0.1) is 0 Å². The molecule has 0 aliphatic carbocycles. The second-order valence-corrected chi connectivity index (χ2v) is 13.3. The maximum Gasteiger partial charge on any atom is 0.305 e. The van der Waals surface area contributed by atoms with Crippen molar-refractivity contribution in [1.29, 1.82) is 0 Å². The van der Waals surface area contributed by atoms with Crippen LogP contribution in [-0.2, 0) is 18.8 Å². The van der Waals surface area contributed by atoms with Crippen molar-refractivity contribution in [3.05, 3.63) is 72.8 Å². The number of unbranched alkanes of at least 4 members (excludes halogenated alkanes) is 2. The molecular formula is C27H36O4Si. The van der Waals surface area contributed by atoms with Crippen molar-refractivity contribution >= 4 is 30.9 Å². The summed E-state index contributed by atoms with van der Waals surface area (Å²) in [5.41, 5.74) is 0. The second-order valence-electron chi connectivity index (χ2n) is 9.02. The monoisotopic (exact) mass is 452 g/mol. The second kappa shape index (κ2) is 12.5. The minimum Gasteiger partial charge on any atom is -0.469 e. The molecule has 0 fully saturated rings. The van der Waals surface area contributed by atoms with Crippen LogP contribution in [0.2, 0.25) is 5.04 Å². The van der Waals surface area contributed by atoms with Crippen LogP contribution in [0.1, 0.15) is 52.9 Å². The molecule has 0 saturated heterocycles. The summed E-state index contributed by atoms with van der Waals surface area (Å²) in [7, 11) is -1.28. The van der Waals surface area contributed by atoms with Crippen LogP contribution < -0.4 is 10.4 Å². The number of hydrogen-bond donors (Lipinski definition) is 0. The fourth-order valence-electron chi connectivity index (χ4n) is 4.18. The predicted molar refractivity (Wildman–Crippen MR) is 133 cm³/mol. The first kappa shape index (κ1) is 25.8. The lowest BCUT2D eigenvalue weighted by molar-refractivity contribution is -0.140. The highest BCUT2D eigenvalue weighted by atomic mass is 28.4. The smallest absolute Gasteiger partial charge is 0.305 e. The van der Waals surface area contributed by atoms with Crippen LogP contribution in [0.4, 0.5) is 0 Å². The Morgan fingerprint density at radius 1 is 0.938 bits per heavy atom. The van der Waals surface area contributed by atoms with Crippen LogP contribution in [-0.4, -0.2) is 33.8 Å². The summed E-state index contributed by atoms with van der Waals surface area (Å²) in [5, 5.41) is 2.30. The van der Waals surface area contributed by atoms with Crippen molar-refractivity contribution in [3.8, 4) is 0 Å². The fourth-order valence-corrected chi connectivity index (χ4v) is 8.84. The maximum atomic E-state index is 11.4. The Balaban J connectivity index is 2.37. The maximum absolute atomic E-state index is 11.4. The van der Waals surface area contributed by atoms with Crippen molar-refractivity contribution in [2.24, 2.45) is 0 Å². The van der Waals surface area contributed by atoms with Gasteiger partial charge >= 0.3 is 5.97 Å². The predicted octanol–water partition coefficient (Wildman–Crippen LogP) is 4.81. The van der Waals surface area contributed by atoms with Crippen LogP contribution in [0.25, 0.3) is 0 Å². The molecule has 2 rings (SSSR count). The minimum absolute atomic E-state index is 0.131. The highest BCUT2D eigenvalue weighted by Crippen LogP contribution is 2.38. The first-order chi connectivity index (χ1) is 15.3. The number of esters is 1. The number of hydrogen-bond acceptors (Lipinski definition) is 4. The summed E-state index contributed by atoms with van der Waals surface area (Å²) in [6.45, 7) is 6.74. The molecule has 0 aliphatic rings. The lowest BCUT2D eigenvalue weighted by Gasteiger charge is -2.44. The van der Waals surface area contributed by atoms with Crippen molar-refractivity contribution in [3.63, 3.8) is 0 Å². The number of methoxy groups -OCH3 is 1. The van der Waals surface area contributed by atoms with Gasteiger partial charge in [-0.2, -0.15) is 0 Å². The number of carbonyl (C=O) groups is 2. The summed E-state index contributed by atoms with van der Waals surface area (Å²) < 4.78 is 11.9. The topological polar surface area (TPSA) is 52.6 Å². The van der Waals surface area contributed by atoms with Gasteiger partial charge in [0.1, 0.15) is 6.29 Å². The van der Waals surface area contributed by atoms with E-state index in [4.69, 9.17) is 9.16 Å². The molecule has 5 heteroatoms. The van der Waals surface area contributed by atoms with E-state index >= 15 is 0 Å². The summed E-state index contributed by atoms with van der Waals surface area (Å²) in [4.78, 5) is 22.5. The SMILES string of the molecule is COC(=O)CCCCC[C@@H](/C=C/C=O)O[Si](c1ccccc1)(c1ccccc1)C(C)(C)C. The molecule has 1 atom stereocenters. The molecule has 32 heavy (non-hydrogen) atoms. The third-order valence-corrected chi connectivity index (χ3v) is 10.8. The van der Waals surface area contributed by atoms with E-state index in [1.807, 2.05) is 18.2 Å². The molecule has 0 spiro atoms. The molecule has 0 saturated carbocycles. The van der Waals surface area contributed by atoms with Gasteiger partial charge in [-0.3, -0.25) is 9.59 Å². The minimum atomic E-state index is -2.70. The Morgan fingerprint density at radius 2 is 1.50 bits per heavy atom. The summed E-state index contributed by atoms with van der Waals surface area (Å²) in [6.07, 6.45) is 7.85. The van der Waals surface area contributed by atoms with Crippen LogP contribution >= 0.6 is 0 Å². The summed E-state index contributed by atoms with van der Waals surface area (Å²) in [5.74, 6) is -0.175. The van der Waals surface area contributed by atoms with E-state index in [9.17, 15) is 9.59 Å². The Morgan fingerprint density at radius 3 is 1.97 bits per heavy atom.